The number of oxime groups is 1. The number of hydrogen-bond donors (Lipinski definition) is 3. The molecule has 2 aromatic heterocycles. The third-order valence-corrected chi connectivity index (χ3v) is 3.45. The van der Waals surface area contributed by atoms with Gasteiger partial charge in [-0.15, -0.1) is 0 Å². The second-order valence-corrected chi connectivity index (χ2v) is 5.26. The summed E-state index contributed by atoms with van der Waals surface area (Å²) >= 11 is 0. The van der Waals surface area contributed by atoms with Crippen molar-refractivity contribution in [3.05, 3.63) is 59.8 Å². The van der Waals surface area contributed by atoms with Crippen molar-refractivity contribution in [3.8, 4) is 11.3 Å². The minimum absolute atomic E-state index is 0.0173. The average molecular weight is 381 g/mol. The van der Waals surface area contributed by atoms with Crippen LogP contribution >= 0.6 is 0 Å². The first-order valence-electron chi connectivity index (χ1n) is 7.32. The molecular formula is C16H11F4N5O2. The number of aromatic nitrogens is 2. The highest BCUT2D eigenvalue weighted by Gasteiger charge is 2.34. The third-order valence-electron chi connectivity index (χ3n) is 3.45. The van der Waals surface area contributed by atoms with Gasteiger partial charge in [-0.05, 0) is 24.3 Å². The predicted octanol–water partition coefficient (Wildman–Crippen LogP) is 3.73. The fraction of sp³-hybridized carbons (Fsp3) is 0.0625. The number of alkyl halides is 3. The van der Waals surface area contributed by atoms with Crippen LogP contribution in [0, 0.1) is 5.82 Å². The van der Waals surface area contributed by atoms with E-state index in [4.69, 9.17) is 15.4 Å². The average Bonchev–Trinajstić information content (AvgIpc) is 3.09. The molecule has 11 heteroatoms. The molecule has 0 spiro atoms. The van der Waals surface area contributed by atoms with Gasteiger partial charge in [0.05, 0.1) is 23.6 Å². The highest BCUT2D eigenvalue weighted by Crippen LogP contribution is 2.34. The Morgan fingerprint density at radius 2 is 1.93 bits per heavy atom. The minimum atomic E-state index is -4.78. The summed E-state index contributed by atoms with van der Waals surface area (Å²) < 4.78 is 56.9. The fourth-order valence-electron chi connectivity index (χ4n) is 2.16. The lowest BCUT2D eigenvalue weighted by molar-refractivity contribution is -0.139. The van der Waals surface area contributed by atoms with E-state index in [-0.39, 0.29) is 28.9 Å². The van der Waals surface area contributed by atoms with Gasteiger partial charge in [0.2, 0.25) is 0 Å². The number of amidine groups is 1. The van der Waals surface area contributed by atoms with E-state index in [1.54, 1.807) is 6.07 Å². The molecule has 1 aromatic carbocycles. The van der Waals surface area contributed by atoms with Crippen LogP contribution in [-0.4, -0.2) is 21.0 Å². The molecule has 4 N–H and O–H groups in total. The maximum Gasteiger partial charge on any atom is 0.419 e. The van der Waals surface area contributed by atoms with Gasteiger partial charge in [-0.2, -0.15) is 13.2 Å². The van der Waals surface area contributed by atoms with Gasteiger partial charge in [-0.1, -0.05) is 11.2 Å². The molecule has 140 valence electrons. The molecule has 0 atom stereocenters. The molecule has 0 unspecified atom stereocenters. The summed E-state index contributed by atoms with van der Waals surface area (Å²) in [5.74, 6) is -1.50. The maximum absolute atomic E-state index is 13.7. The molecule has 0 aliphatic heterocycles. The van der Waals surface area contributed by atoms with E-state index < -0.39 is 17.6 Å². The molecule has 0 radical (unpaired) electrons. The summed E-state index contributed by atoms with van der Waals surface area (Å²) in [6.07, 6.45) is -2.17. The lowest BCUT2D eigenvalue weighted by atomic mass is 10.1. The van der Waals surface area contributed by atoms with Gasteiger partial charge >= 0.3 is 6.18 Å². The van der Waals surface area contributed by atoms with Crippen LogP contribution < -0.4 is 11.1 Å². The highest BCUT2D eigenvalue weighted by molar-refractivity contribution is 5.95. The first-order chi connectivity index (χ1) is 12.8. The first kappa shape index (κ1) is 18.2. The van der Waals surface area contributed by atoms with Crippen molar-refractivity contribution in [2.24, 2.45) is 10.9 Å². The van der Waals surface area contributed by atoms with Crippen molar-refractivity contribution >= 4 is 17.5 Å². The quantitative estimate of drug-likeness (QED) is 0.209. The Morgan fingerprint density at radius 1 is 1.15 bits per heavy atom. The van der Waals surface area contributed by atoms with Crippen LogP contribution in [0.2, 0.25) is 0 Å². The Bertz CT molecular complexity index is 983. The standard InChI is InChI=1S/C16H11F4N5O2/c17-11-5-8(1-3-10(11)16(18,19)20)13-7-23-15(27-13)24-9-2-4-12(22-6-9)14(21)25-26/h1-7,26H,(H2,21,25)(H,23,24). The van der Waals surface area contributed by atoms with Crippen molar-refractivity contribution in [2.45, 2.75) is 6.18 Å². The first-order valence-corrected chi connectivity index (χ1v) is 7.32. The number of halogens is 4. The zero-order chi connectivity index (χ0) is 19.6. The smallest absolute Gasteiger partial charge is 0.419 e. The van der Waals surface area contributed by atoms with Crippen LogP contribution in [0.25, 0.3) is 11.3 Å². The number of anilines is 2. The topological polar surface area (TPSA) is 110 Å². The molecule has 0 saturated carbocycles. The summed E-state index contributed by atoms with van der Waals surface area (Å²) in [6.45, 7) is 0. The summed E-state index contributed by atoms with van der Waals surface area (Å²) in [7, 11) is 0. The molecule has 2 heterocycles. The number of nitrogens with one attached hydrogen (secondary N) is 1. The molecule has 27 heavy (non-hydrogen) atoms. The normalized spacial score (nSPS) is 12.2. The summed E-state index contributed by atoms with van der Waals surface area (Å²) in [6, 6.07) is 5.50. The van der Waals surface area contributed by atoms with Crippen LogP contribution in [0.15, 0.2) is 52.3 Å². The van der Waals surface area contributed by atoms with Crippen molar-refractivity contribution in [1.82, 2.24) is 9.97 Å². The van der Waals surface area contributed by atoms with Crippen LogP contribution in [0.3, 0.4) is 0 Å². The molecule has 0 aliphatic rings. The van der Waals surface area contributed by atoms with Gasteiger partial charge in [0, 0.05) is 5.56 Å². The van der Waals surface area contributed by atoms with Crippen molar-refractivity contribution < 1.29 is 27.2 Å². The monoisotopic (exact) mass is 381 g/mol. The highest BCUT2D eigenvalue weighted by atomic mass is 19.4. The Balaban J connectivity index is 1.78. The van der Waals surface area contributed by atoms with Gasteiger partial charge in [0.1, 0.15) is 11.5 Å². The number of benzene rings is 1. The Labute approximate surface area is 149 Å². The van der Waals surface area contributed by atoms with E-state index >= 15 is 0 Å². The molecular weight excluding hydrogens is 370 g/mol. The molecule has 0 amide bonds. The van der Waals surface area contributed by atoms with Gasteiger partial charge < -0.3 is 20.7 Å². The van der Waals surface area contributed by atoms with E-state index in [1.165, 1.54) is 18.5 Å². The van der Waals surface area contributed by atoms with Crippen LogP contribution in [0.1, 0.15) is 11.3 Å². The van der Waals surface area contributed by atoms with Gasteiger partial charge in [-0.3, -0.25) is 4.98 Å². The van der Waals surface area contributed by atoms with Crippen molar-refractivity contribution in [3.63, 3.8) is 0 Å². The summed E-state index contributed by atoms with van der Waals surface area (Å²) in [5.41, 5.74) is 4.84. The molecule has 7 nitrogen and oxygen atoms in total. The SMILES string of the molecule is NC(=NO)c1ccc(Nc2ncc(-c3ccc(C(F)(F)F)c(F)c3)o2)cn1. The maximum atomic E-state index is 13.7. The van der Waals surface area contributed by atoms with E-state index in [2.05, 4.69) is 20.4 Å². The molecule has 0 bridgehead atoms. The fourth-order valence-corrected chi connectivity index (χ4v) is 2.16. The van der Waals surface area contributed by atoms with Gasteiger partial charge in [-0.25, -0.2) is 9.37 Å². The molecule has 0 fully saturated rings. The van der Waals surface area contributed by atoms with E-state index in [1.807, 2.05) is 0 Å². The number of rotatable bonds is 4. The molecule has 0 aliphatic carbocycles. The lowest BCUT2D eigenvalue weighted by Gasteiger charge is -2.08. The Kier molecular flexibility index (Phi) is 4.67. The number of oxazole rings is 1. The number of hydrogen-bond acceptors (Lipinski definition) is 6. The largest absolute Gasteiger partial charge is 0.423 e. The molecule has 0 saturated heterocycles. The number of pyridine rings is 1. The second-order valence-electron chi connectivity index (χ2n) is 5.26. The minimum Gasteiger partial charge on any atom is -0.423 e. The third kappa shape index (κ3) is 3.97. The molecule has 3 aromatic rings. The van der Waals surface area contributed by atoms with Gasteiger partial charge in [0.15, 0.2) is 11.6 Å². The lowest BCUT2D eigenvalue weighted by Crippen LogP contribution is -2.14. The number of nitrogens with zero attached hydrogens (tertiary/aromatic N) is 3. The van der Waals surface area contributed by atoms with Crippen molar-refractivity contribution in [1.29, 1.82) is 0 Å². The molecule has 3 rings (SSSR count). The van der Waals surface area contributed by atoms with Crippen LogP contribution in [0.5, 0.6) is 0 Å². The van der Waals surface area contributed by atoms with E-state index in [9.17, 15) is 17.6 Å². The zero-order valence-corrected chi connectivity index (χ0v) is 13.3. The summed E-state index contributed by atoms with van der Waals surface area (Å²) in [4.78, 5) is 7.87. The Hall–Kier alpha value is -3.63. The number of nitrogens with two attached hydrogens (primary N) is 1. The van der Waals surface area contributed by atoms with E-state index in [0.29, 0.717) is 11.8 Å². The van der Waals surface area contributed by atoms with Gasteiger partial charge in [0.25, 0.3) is 6.01 Å². The van der Waals surface area contributed by atoms with E-state index in [0.717, 1.165) is 12.1 Å². The second kappa shape index (κ2) is 6.94. The Morgan fingerprint density at radius 3 is 2.52 bits per heavy atom. The zero-order valence-electron chi connectivity index (χ0n) is 13.3. The predicted molar refractivity (Wildman–Crippen MR) is 86.9 cm³/mol. The van der Waals surface area contributed by atoms with Crippen LogP contribution in [-0.2, 0) is 6.18 Å². The van der Waals surface area contributed by atoms with Crippen LogP contribution in [0.4, 0.5) is 29.3 Å². The van der Waals surface area contributed by atoms with Crippen molar-refractivity contribution in [2.75, 3.05) is 5.32 Å². The summed E-state index contributed by atoms with van der Waals surface area (Å²) in [5, 5.41) is 14.2.